The molecule has 20 heavy (non-hydrogen) atoms. The molecule has 2 unspecified atom stereocenters. The van der Waals surface area contributed by atoms with Crippen molar-refractivity contribution in [1.82, 2.24) is 9.88 Å². The third kappa shape index (κ3) is 3.88. The van der Waals surface area contributed by atoms with Gasteiger partial charge >= 0.3 is 0 Å². The summed E-state index contributed by atoms with van der Waals surface area (Å²) < 4.78 is 1.10. The molecule has 0 radical (unpaired) electrons. The van der Waals surface area contributed by atoms with E-state index < -0.39 is 0 Å². The number of nitrogens with zero attached hydrogens (tertiary/aromatic N) is 2. The quantitative estimate of drug-likeness (QED) is 0.912. The van der Waals surface area contributed by atoms with E-state index in [0.29, 0.717) is 0 Å². The summed E-state index contributed by atoms with van der Waals surface area (Å²) >= 11 is 3.46. The monoisotopic (exact) mass is 333 g/mol. The van der Waals surface area contributed by atoms with E-state index in [2.05, 4.69) is 63.2 Å². The molecule has 4 heteroatoms. The Hall–Kier alpha value is -1.23. The molecule has 1 aromatic heterocycles. The van der Waals surface area contributed by atoms with Gasteiger partial charge in [0.15, 0.2) is 0 Å². The number of rotatable bonds is 5. The van der Waals surface area contributed by atoms with E-state index in [1.807, 2.05) is 19.2 Å². The SMILES string of the molecule is CC(N)C(c1cccnc1)N(C)Cc1ccc(Br)cc1. The van der Waals surface area contributed by atoms with Gasteiger partial charge in [0.1, 0.15) is 0 Å². The first-order chi connectivity index (χ1) is 9.58. The second kappa shape index (κ2) is 6.97. The lowest BCUT2D eigenvalue weighted by Crippen LogP contribution is -2.37. The van der Waals surface area contributed by atoms with E-state index in [1.54, 1.807) is 6.20 Å². The van der Waals surface area contributed by atoms with Crippen LogP contribution in [0.25, 0.3) is 0 Å². The molecule has 0 fully saturated rings. The fraction of sp³-hybridized carbons (Fsp3) is 0.312. The molecule has 1 heterocycles. The molecule has 2 rings (SSSR count). The van der Waals surface area contributed by atoms with Crippen LogP contribution in [0.15, 0.2) is 53.3 Å². The normalized spacial score (nSPS) is 14.2. The number of nitrogens with two attached hydrogens (primary N) is 1. The number of pyridine rings is 1. The van der Waals surface area contributed by atoms with Crippen LogP contribution in [-0.4, -0.2) is 23.0 Å². The second-order valence-electron chi connectivity index (χ2n) is 5.13. The van der Waals surface area contributed by atoms with Crippen LogP contribution in [-0.2, 0) is 6.54 Å². The molecule has 2 atom stereocenters. The average Bonchev–Trinajstić information content (AvgIpc) is 2.42. The average molecular weight is 334 g/mol. The molecule has 0 aliphatic heterocycles. The van der Waals surface area contributed by atoms with Crippen molar-refractivity contribution in [2.75, 3.05) is 7.05 Å². The van der Waals surface area contributed by atoms with Gasteiger partial charge in [-0.25, -0.2) is 0 Å². The first kappa shape index (κ1) is 15.2. The lowest BCUT2D eigenvalue weighted by Gasteiger charge is -2.31. The molecule has 106 valence electrons. The minimum atomic E-state index is 0.0413. The molecular weight excluding hydrogens is 314 g/mol. The number of benzene rings is 1. The molecular formula is C16H20BrN3. The number of aromatic nitrogens is 1. The van der Waals surface area contributed by atoms with E-state index in [9.17, 15) is 0 Å². The van der Waals surface area contributed by atoms with Crippen LogP contribution >= 0.6 is 15.9 Å². The fourth-order valence-corrected chi connectivity index (χ4v) is 2.75. The number of halogens is 1. The standard InChI is InChI=1S/C16H20BrN3/c1-12(18)16(14-4-3-9-19-10-14)20(2)11-13-5-7-15(17)8-6-13/h3-10,12,16H,11,18H2,1-2H3. The maximum atomic E-state index is 6.17. The third-order valence-corrected chi connectivity index (χ3v) is 3.87. The minimum absolute atomic E-state index is 0.0413. The Morgan fingerprint density at radius 3 is 2.50 bits per heavy atom. The maximum absolute atomic E-state index is 6.17. The van der Waals surface area contributed by atoms with E-state index in [-0.39, 0.29) is 12.1 Å². The molecule has 0 aliphatic carbocycles. The van der Waals surface area contributed by atoms with Crippen LogP contribution in [0.1, 0.15) is 24.1 Å². The summed E-state index contributed by atoms with van der Waals surface area (Å²) in [6.45, 7) is 2.89. The molecule has 2 N–H and O–H groups in total. The summed E-state index contributed by atoms with van der Waals surface area (Å²) in [4.78, 5) is 6.47. The van der Waals surface area contributed by atoms with Crippen LogP contribution in [0.5, 0.6) is 0 Å². The molecule has 0 saturated heterocycles. The Kier molecular flexibility index (Phi) is 5.29. The summed E-state index contributed by atoms with van der Waals surface area (Å²) in [5.41, 5.74) is 8.59. The van der Waals surface area contributed by atoms with Crippen molar-refractivity contribution >= 4 is 15.9 Å². The second-order valence-corrected chi connectivity index (χ2v) is 6.05. The van der Waals surface area contributed by atoms with Crippen molar-refractivity contribution < 1.29 is 0 Å². The van der Waals surface area contributed by atoms with E-state index in [4.69, 9.17) is 5.73 Å². The van der Waals surface area contributed by atoms with Crippen LogP contribution in [0.3, 0.4) is 0 Å². The third-order valence-electron chi connectivity index (χ3n) is 3.34. The zero-order valence-corrected chi connectivity index (χ0v) is 13.4. The Labute approximate surface area is 129 Å². The molecule has 0 saturated carbocycles. The van der Waals surface area contributed by atoms with Crippen LogP contribution in [0.4, 0.5) is 0 Å². The fourth-order valence-electron chi connectivity index (χ4n) is 2.49. The lowest BCUT2D eigenvalue weighted by atomic mass is 10.0. The van der Waals surface area contributed by atoms with Gasteiger partial charge in [-0.15, -0.1) is 0 Å². The van der Waals surface area contributed by atoms with Gasteiger partial charge in [-0.1, -0.05) is 34.1 Å². The van der Waals surface area contributed by atoms with Crippen molar-refractivity contribution in [2.24, 2.45) is 5.73 Å². The number of hydrogen-bond donors (Lipinski definition) is 1. The molecule has 2 aromatic rings. The zero-order valence-electron chi connectivity index (χ0n) is 11.8. The van der Waals surface area contributed by atoms with Gasteiger partial charge < -0.3 is 5.73 Å². The largest absolute Gasteiger partial charge is 0.326 e. The van der Waals surface area contributed by atoms with Gasteiger partial charge in [0.05, 0.1) is 6.04 Å². The molecule has 3 nitrogen and oxygen atoms in total. The summed E-state index contributed by atoms with van der Waals surface area (Å²) in [6.07, 6.45) is 3.68. The summed E-state index contributed by atoms with van der Waals surface area (Å²) in [5.74, 6) is 0. The van der Waals surface area contributed by atoms with Gasteiger partial charge in [0, 0.05) is 29.5 Å². The maximum Gasteiger partial charge on any atom is 0.0512 e. The van der Waals surface area contributed by atoms with Crippen molar-refractivity contribution in [3.63, 3.8) is 0 Å². The first-order valence-electron chi connectivity index (χ1n) is 6.68. The zero-order chi connectivity index (χ0) is 14.5. The first-order valence-corrected chi connectivity index (χ1v) is 7.47. The van der Waals surface area contributed by atoms with Gasteiger partial charge in [-0.3, -0.25) is 9.88 Å². The number of hydrogen-bond acceptors (Lipinski definition) is 3. The van der Waals surface area contributed by atoms with E-state index >= 15 is 0 Å². The van der Waals surface area contributed by atoms with Crippen LogP contribution in [0.2, 0.25) is 0 Å². The minimum Gasteiger partial charge on any atom is -0.326 e. The Morgan fingerprint density at radius 1 is 1.25 bits per heavy atom. The molecule has 0 bridgehead atoms. The smallest absolute Gasteiger partial charge is 0.0512 e. The van der Waals surface area contributed by atoms with Crippen LogP contribution < -0.4 is 5.73 Å². The predicted molar refractivity (Wildman–Crippen MR) is 86.2 cm³/mol. The molecule has 0 spiro atoms. The van der Waals surface area contributed by atoms with Crippen molar-refractivity contribution in [2.45, 2.75) is 25.6 Å². The summed E-state index contributed by atoms with van der Waals surface area (Å²) in [7, 11) is 2.10. The van der Waals surface area contributed by atoms with Gasteiger partial charge in [-0.05, 0) is 43.3 Å². The van der Waals surface area contributed by atoms with Crippen molar-refractivity contribution in [3.05, 3.63) is 64.4 Å². The predicted octanol–water partition coefficient (Wildman–Crippen LogP) is 3.36. The van der Waals surface area contributed by atoms with E-state index in [0.717, 1.165) is 16.6 Å². The Morgan fingerprint density at radius 2 is 1.95 bits per heavy atom. The van der Waals surface area contributed by atoms with Crippen molar-refractivity contribution in [3.8, 4) is 0 Å². The van der Waals surface area contributed by atoms with E-state index in [1.165, 1.54) is 5.56 Å². The lowest BCUT2D eigenvalue weighted by molar-refractivity contribution is 0.210. The number of likely N-dealkylation sites (N-methyl/N-ethyl adjacent to an activating group) is 1. The molecule has 1 aromatic carbocycles. The highest BCUT2D eigenvalue weighted by Crippen LogP contribution is 2.23. The van der Waals surface area contributed by atoms with Crippen LogP contribution in [0, 0.1) is 0 Å². The van der Waals surface area contributed by atoms with Gasteiger partial charge in [0.25, 0.3) is 0 Å². The highest BCUT2D eigenvalue weighted by Gasteiger charge is 2.21. The highest BCUT2D eigenvalue weighted by molar-refractivity contribution is 9.10. The van der Waals surface area contributed by atoms with Gasteiger partial charge in [-0.2, -0.15) is 0 Å². The topological polar surface area (TPSA) is 42.1 Å². The summed E-state index contributed by atoms with van der Waals surface area (Å²) in [6, 6.07) is 12.6. The molecule has 0 amide bonds. The Bertz CT molecular complexity index is 525. The molecule has 0 aliphatic rings. The highest BCUT2D eigenvalue weighted by atomic mass is 79.9. The van der Waals surface area contributed by atoms with Crippen molar-refractivity contribution in [1.29, 1.82) is 0 Å². The Balaban J connectivity index is 2.15. The summed E-state index contributed by atoms with van der Waals surface area (Å²) in [5, 5.41) is 0. The van der Waals surface area contributed by atoms with Gasteiger partial charge in [0.2, 0.25) is 0 Å².